The highest BCUT2D eigenvalue weighted by atomic mass is 16.5. The molecule has 1 N–H and O–H groups in total. The number of aromatic nitrogens is 2. The number of amides is 1. The van der Waals surface area contributed by atoms with Crippen molar-refractivity contribution in [3.63, 3.8) is 0 Å². The summed E-state index contributed by atoms with van der Waals surface area (Å²) in [6.45, 7) is 0.574. The summed E-state index contributed by atoms with van der Waals surface area (Å²) in [5, 5.41) is 11.0. The number of hydrogen-bond acceptors (Lipinski definition) is 5. The van der Waals surface area contributed by atoms with Gasteiger partial charge in [-0.1, -0.05) is 72.8 Å². The largest absolute Gasteiger partial charge is 0.484 e. The van der Waals surface area contributed by atoms with Crippen molar-refractivity contribution in [3.8, 4) is 34.0 Å². The molecule has 0 saturated carbocycles. The average molecular weight is 425 g/mol. The van der Waals surface area contributed by atoms with Crippen molar-refractivity contribution in [2.24, 2.45) is 0 Å². The second-order valence-corrected chi connectivity index (χ2v) is 7.00. The van der Waals surface area contributed by atoms with E-state index < -0.39 is 0 Å². The highest BCUT2D eigenvalue weighted by molar-refractivity contribution is 5.77. The molecular weight excluding hydrogens is 402 g/mol. The fraction of sp³-hybridized carbons (Fsp3) is 0.115. The molecule has 3 aromatic carbocycles. The first-order valence-electron chi connectivity index (χ1n) is 10.3. The van der Waals surface area contributed by atoms with Crippen LogP contribution in [-0.4, -0.2) is 35.9 Å². The lowest BCUT2D eigenvalue weighted by Crippen LogP contribution is -2.32. The van der Waals surface area contributed by atoms with Crippen LogP contribution in [0.25, 0.3) is 22.4 Å². The molecule has 0 aliphatic heterocycles. The molecule has 4 aromatic rings. The highest BCUT2D eigenvalue weighted by Gasteiger charge is 2.05. The molecule has 4 rings (SSSR count). The van der Waals surface area contributed by atoms with E-state index in [1.807, 2.05) is 78.9 Å². The topological polar surface area (TPSA) is 73.3 Å². The first-order valence-corrected chi connectivity index (χ1v) is 10.3. The highest BCUT2D eigenvalue weighted by Crippen LogP contribution is 2.22. The van der Waals surface area contributed by atoms with Crippen molar-refractivity contribution in [2.45, 2.75) is 0 Å². The number of nitrogens with one attached hydrogen (secondary N) is 1. The van der Waals surface area contributed by atoms with E-state index in [1.165, 1.54) is 0 Å². The van der Waals surface area contributed by atoms with Crippen LogP contribution < -0.4 is 14.8 Å². The lowest BCUT2D eigenvalue weighted by Gasteiger charge is -2.09. The summed E-state index contributed by atoms with van der Waals surface area (Å²) in [6.07, 6.45) is 0. The van der Waals surface area contributed by atoms with Crippen LogP contribution in [0.5, 0.6) is 11.6 Å². The fourth-order valence-corrected chi connectivity index (χ4v) is 3.08. The van der Waals surface area contributed by atoms with Gasteiger partial charge in [0.15, 0.2) is 6.61 Å². The number of carbonyl (C=O) groups is 1. The number of benzene rings is 3. The van der Waals surface area contributed by atoms with Crippen molar-refractivity contribution in [2.75, 3.05) is 19.8 Å². The monoisotopic (exact) mass is 425 g/mol. The van der Waals surface area contributed by atoms with E-state index in [0.29, 0.717) is 18.2 Å². The minimum atomic E-state index is -0.216. The van der Waals surface area contributed by atoms with Crippen LogP contribution in [0.3, 0.4) is 0 Å². The summed E-state index contributed by atoms with van der Waals surface area (Å²) in [5.74, 6) is 0.838. The van der Waals surface area contributed by atoms with E-state index in [0.717, 1.165) is 22.4 Å². The zero-order valence-electron chi connectivity index (χ0n) is 17.5. The summed E-state index contributed by atoms with van der Waals surface area (Å²) in [6, 6.07) is 31.2. The molecule has 1 heterocycles. The molecule has 0 atom stereocenters. The Kier molecular flexibility index (Phi) is 7.06. The normalized spacial score (nSPS) is 10.4. The van der Waals surface area contributed by atoms with Crippen LogP contribution in [0.15, 0.2) is 97.1 Å². The van der Waals surface area contributed by atoms with Crippen molar-refractivity contribution >= 4 is 5.91 Å². The number of rotatable bonds is 9. The van der Waals surface area contributed by atoms with E-state index in [1.54, 1.807) is 6.07 Å². The van der Waals surface area contributed by atoms with Crippen molar-refractivity contribution in [1.82, 2.24) is 15.5 Å². The first-order chi connectivity index (χ1) is 15.8. The molecule has 0 radical (unpaired) electrons. The van der Waals surface area contributed by atoms with Gasteiger partial charge in [0.2, 0.25) is 5.88 Å². The Morgan fingerprint density at radius 3 is 2.00 bits per heavy atom. The molecule has 1 amide bonds. The number of hydrogen-bond donors (Lipinski definition) is 1. The van der Waals surface area contributed by atoms with Crippen LogP contribution >= 0.6 is 0 Å². The van der Waals surface area contributed by atoms with Crippen molar-refractivity contribution < 1.29 is 14.3 Å². The number of nitrogens with zero attached hydrogens (tertiary/aromatic N) is 2. The van der Waals surface area contributed by atoms with Gasteiger partial charge in [0.25, 0.3) is 5.91 Å². The van der Waals surface area contributed by atoms with Crippen molar-refractivity contribution in [3.05, 3.63) is 97.1 Å². The quantitative estimate of drug-likeness (QED) is 0.403. The Hall–Kier alpha value is -4.19. The molecule has 6 heteroatoms. The van der Waals surface area contributed by atoms with E-state index in [2.05, 4.69) is 27.6 Å². The maximum Gasteiger partial charge on any atom is 0.258 e. The first kappa shape index (κ1) is 21.1. The molecular formula is C26H23N3O3. The van der Waals surface area contributed by atoms with Gasteiger partial charge in [0, 0.05) is 11.6 Å². The van der Waals surface area contributed by atoms with E-state index >= 15 is 0 Å². The smallest absolute Gasteiger partial charge is 0.258 e. The van der Waals surface area contributed by atoms with E-state index in [4.69, 9.17) is 9.47 Å². The maximum atomic E-state index is 12.0. The van der Waals surface area contributed by atoms with Gasteiger partial charge in [0.05, 0.1) is 12.2 Å². The third-order valence-electron chi connectivity index (χ3n) is 4.72. The average Bonchev–Trinajstić information content (AvgIpc) is 2.87. The number of carbonyl (C=O) groups excluding carboxylic acids is 1. The molecule has 0 saturated heterocycles. The lowest BCUT2D eigenvalue weighted by molar-refractivity contribution is -0.123. The van der Waals surface area contributed by atoms with Gasteiger partial charge in [-0.3, -0.25) is 4.79 Å². The van der Waals surface area contributed by atoms with Gasteiger partial charge in [-0.05, 0) is 29.3 Å². The third-order valence-corrected chi connectivity index (χ3v) is 4.72. The summed E-state index contributed by atoms with van der Waals surface area (Å²) >= 11 is 0. The molecule has 32 heavy (non-hydrogen) atoms. The summed E-state index contributed by atoms with van der Waals surface area (Å²) in [4.78, 5) is 12.0. The molecule has 0 aliphatic rings. The standard InChI is InChI=1S/C26H23N3O3/c30-25(19-32-23-13-11-21(12-14-23)20-7-3-1-4-8-20)27-17-18-31-26-16-15-24(28-29-26)22-9-5-2-6-10-22/h1-16H,17-19H2,(H,27,30). The number of ether oxygens (including phenoxy) is 2. The van der Waals surface area contributed by atoms with Crippen LogP contribution in [-0.2, 0) is 4.79 Å². The van der Waals surface area contributed by atoms with Gasteiger partial charge in [-0.25, -0.2) is 0 Å². The molecule has 0 spiro atoms. The Labute approximate surface area is 186 Å². The second kappa shape index (κ2) is 10.7. The molecule has 0 fully saturated rings. The molecule has 0 bridgehead atoms. The van der Waals surface area contributed by atoms with Crippen LogP contribution in [0.2, 0.25) is 0 Å². The van der Waals surface area contributed by atoms with Crippen LogP contribution in [0, 0.1) is 0 Å². The lowest BCUT2D eigenvalue weighted by atomic mass is 10.1. The van der Waals surface area contributed by atoms with Gasteiger partial charge in [-0.15, -0.1) is 10.2 Å². The Bertz CT molecular complexity index is 1120. The third kappa shape index (κ3) is 5.92. The predicted octanol–water partition coefficient (Wildman–Crippen LogP) is 4.38. The SMILES string of the molecule is O=C(COc1ccc(-c2ccccc2)cc1)NCCOc1ccc(-c2ccccc2)nn1. The van der Waals surface area contributed by atoms with Gasteiger partial charge in [-0.2, -0.15) is 0 Å². The van der Waals surface area contributed by atoms with Crippen LogP contribution in [0.1, 0.15) is 0 Å². The molecule has 6 nitrogen and oxygen atoms in total. The zero-order chi connectivity index (χ0) is 22.0. The molecule has 1 aromatic heterocycles. The maximum absolute atomic E-state index is 12.0. The van der Waals surface area contributed by atoms with E-state index in [-0.39, 0.29) is 19.1 Å². The summed E-state index contributed by atoms with van der Waals surface area (Å²) < 4.78 is 11.1. The van der Waals surface area contributed by atoms with E-state index in [9.17, 15) is 4.79 Å². The van der Waals surface area contributed by atoms with Crippen LogP contribution in [0.4, 0.5) is 0 Å². The minimum Gasteiger partial charge on any atom is -0.484 e. The molecule has 0 aliphatic carbocycles. The van der Waals surface area contributed by atoms with Gasteiger partial charge in [0.1, 0.15) is 12.4 Å². The van der Waals surface area contributed by atoms with Crippen molar-refractivity contribution in [1.29, 1.82) is 0 Å². The Morgan fingerprint density at radius 2 is 1.34 bits per heavy atom. The van der Waals surface area contributed by atoms with Gasteiger partial charge >= 0.3 is 0 Å². The Morgan fingerprint density at radius 1 is 0.688 bits per heavy atom. The Balaban J connectivity index is 1.16. The fourth-order valence-electron chi connectivity index (χ4n) is 3.08. The zero-order valence-corrected chi connectivity index (χ0v) is 17.5. The minimum absolute atomic E-state index is 0.0593. The summed E-state index contributed by atoms with van der Waals surface area (Å²) in [5.41, 5.74) is 4.00. The predicted molar refractivity (Wildman–Crippen MR) is 123 cm³/mol. The summed E-state index contributed by atoms with van der Waals surface area (Å²) in [7, 11) is 0. The second-order valence-electron chi connectivity index (χ2n) is 7.00. The molecule has 160 valence electrons. The molecule has 0 unspecified atom stereocenters. The van der Waals surface area contributed by atoms with Gasteiger partial charge < -0.3 is 14.8 Å².